The number of aryl methyl sites for hydroxylation is 2. The van der Waals surface area contributed by atoms with Crippen LogP contribution in [0.4, 0.5) is 0 Å². The van der Waals surface area contributed by atoms with E-state index in [2.05, 4.69) is 10.0 Å². The van der Waals surface area contributed by atoms with Gasteiger partial charge in [-0.25, -0.2) is 0 Å². The van der Waals surface area contributed by atoms with Crippen molar-refractivity contribution in [3.8, 4) is 0 Å². The molecule has 0 spiro atoms. The Morgan fingerprint density at radius 3 is 2.53 bits per heavy atom. The first-order chi connectivity index (χ1) is 7.15. The molecule has 0 fully saturated rings. The fourth-order valence-corrected chi connectivity index (χ4v) is 1.46. The molecule has 0 aliphatic carbocycles. The molecule has 0 saturated heterocycles. The van der Waals surface area contributed by atoms with E-state index in [1.165, 1.54) is 0 Å². The Labute approximate surface area is 94.0 Å². The third kappa shape index (κ3) is 3.31. The zero-order chi connectivity index (χ0) is 11.3. The molecule has 1 aromatic carbocycles. The maximum Gasteiger partial charge on any atom is 0.0464 e. The lowest BCUT2D eigenvalue weighted by Gasteiger charge is -2.03. The lowest BCUT2D eigenvalue weighted by atomic mass is 10.1. The van der Waals surface area contributed by atoms with Gasteiger partial charge in [0, 0.05) is 16.5 Å². The zero-order valence-corrected chi connectivity index (χ0v) is 9.49. The summed E-state index contributed by atoms with van der Waals surface area (Å²) in [5, 5.41) is 4.22. The minimum Gasteiger partial charge on any atom is -0.0899 e. The minimum atomic E-state index is 0.372. The zero-order valence-electron chi connectivity index (χ0n) is 8.74. The van der Waals surface area contributed by atoms with Crippen molar-refractivity contribution >= 4 is 17.7 Å². The van der Waals surface area contributed by atoms with E-state index in [9.17, 15) is 0 Å². The molecule has 15 heavy (non-hydrogen) atoms. The van der Waals surface area contributed by atoms with Crippen LogP contribution >= 0.6 is 11.6 Å². The third-order valence-electron chi connectivity index (χ3n) is 2.02. The number of nitrogens with zero attached hydrogens (tertiary/aromatic N) is 3. The molecule has 0 atom stereocenters. The number of hydrogen-bond donors (Lipinski definition) is 0. The Morgan fingerprint density at radius 1 is 1.40 bits per heavy atom. The number of azide groups is 1. The van der Waals surface area contributed by atoms with Crippen LogP contribution < -0.4 is 0 Å². The molecule has 0 radical (unpaired) electrons. The van der Waals surface area contributed by atoms with E-state index < -0.39 is 0 Å². The van der Waals surface area contributed by atoms with Crippen molar-refractivity contribution in [3.63, 3.8) is 0 Å². The van der Waals surface area contributed by atoms with Gasteiger partial charge in [0.25, 0.3) is 0 Å². The molecule has 3 nitrogen and oxygen atoms in total. The smallest absolute Gasteiger partial charge is 0.0464 e. The lowest BCUT2D eigenvalue weighted by molar-refractivity contribution is 1.22. The molecular formula is C11H12ClN3. The van der Waals surface area contributed by atoms with E-state index in [-0.39, 0.29) is 0 Å². The molecular weight excluding hydrogens is 210 g/mol. The van der Waals surface area contributed by atoms with Crippen molar-refractivity contribution in [1.82, 2.24) is 0 Å². The first-order valence-corrected chi connectivity index (χ1v) is 4.97. The molecule has 4 heteroatoms. The molecule has 0 amide bonds. The normalized spacial score (nSPS) is 10.3. The summed E-state index contributed by atoms with van der Waals surface area (Å²) in [6, 6.07) is 4.00. The fourth-order valence-electron chi connectivity index (χ4n) is 1.35. The lowest BCUT2D eigenvalue weighted by Crippen LogP contribution is -1.83. The highest BCUT2D eigenvalue weighted by Crippen LogP contribution is 2.22. The van der Waals surface area contributed by atoms with Gasteiger partial charge in [0.1, 0.15) is 0 Å². The predicted octanol–water partition coefficient (Wildman–Crippen LogP) is 4.28. The van der Waals surface area contributed by atoms with Crippen molar-refractivity contribution < 1.29 is 0 Å². The van der Waals surface area contributed by atoms with Gasteiger partial charge in [-0.05, 0) is 36.1 Å². The molecule has 0 N–H and O–H groups in total. The van der Waals surface area contributed by atoms with Crippen LogP contribution in [0.15, 0.2) is 23.3 Å². The summed E-state index contributed by atoms with van der Waals surface area (Å²) >= 11 is 6.04. The Bertz CT molecular complexity index is 408. The van der Waals surface area contributed by atoms with E-state index >= 15 is 0 Å². The van der Waals surface area contributed by atoms with E-state index in [0.29, 0.717) is 6.54 Å². The van der Waals surface area contributed by atoms with Crippen molar-refractivity contribution in [2.45, 2.75) is 13.8 Å². The molecule has 0 saturated carbocycles. The number of halogens is 1. The highest BCUT2D eigenvalue weighted by molar-refractivity contribution is 6.32. The molecule has 0 bridgehead atoms. The van der Waals surface area contributed by atoms with Crippen molar-refractivity contribution in [2.24, 2.45) is 5.11 Å². The van der Waals surface area contributed by atoms with E-state index in [4.69, 9.17) is 17.1 Å². The van der Waals surface area contributed by atoms with E-state index in [1.807, 2.05) is 38.1 Å². The van der Waals surface area contributed by atoms with Crippen LogP contribution in [0.25, 0.3) is 16.5 Å². The van der Waals surface area contributed by atoms with Crippen molar-refractivity contribution in [3.05, 3.63) is 50.4 Å². The quantitative estimate of drug-likeness (QED) is 0.416. The average Bonchev–Trinajstić information content (AvgIpc) is 2.21. The molecule has 0 aromatic heterocycles. The first kappa shape index (κ1) is 11.6. The maximum absolute atomic E-state index is 8.10. The predicted molar refractivity (Wildman–Crippen MR) is 64.0 cm³/mol. The molecule has 0 aliphatic heterocycles. The summed E-state index contributed by atoms with van der Waals surface area (Å²) in [7, 11) is 0. The second kappa shape index (κ2) is 5.44. The number of benzene rings is 1. The van der Waals surface area contributed by atoms with Crippen LogP contribution in [-0.4, -0.2) is 6.54 Å². The molecule has 0 aliphatic rings. The van der Waals surface area contributed by atoms with Crippen LogP contribution in [0.1, 0.15) is 16.7 Å². The Balaban J connectivity index is 2.87. The maximum atomic E-state index is 8.10. The molecule has 0 unspecified atom stereocenters. The highest BCUT2D eigenvalue weighted by Gasteiger charge is 1.99. The molecule has 1 aromatic rings. The second-order valence-corrected chi connectivity index (χ2v) is 3.66. The average molecular weight is 222 g/mol. The Morgan fingerprint density at radius 2 is 2.00 bits per heavy atom. The topological polar surface area (TPSA) is 48.8 Å². The van der Waals surface area contributed by atoms with Gasteiger partial charge in [-0.3, -0.25) is 0 Å². The SMILES string of the molecule is Cc1cc(C=CCN=[N+]=[N-])cc(C)c1Cl. The van der Waals surface area contributed by atoms with Gasteiger partial charge in [0.15, 0.2) is 0 Å². The first-order valence-electron chi connectivity index (χ1n) is 4.59. The van der Waals surface area contributed by atoms with Crippen LogP contribution in [0.2, 0.25) is 5.02 Å². The van der Waals surface area contributed by atoms with Gasteiger partial charge in [-0.1, -0.05) is 41.0 Å². The van der Waals surface area contributed by atoms with Gasteiger partial charge in [0.2, 0.25) is 0 Å². The summed E-state index contributed by atoms with van der Waals surface area (Å²) in [6.45, 7) is 4.32. The largest absolute Gasteiger partial charge is 0.0899 e. The summed E-state index contributed by atoms with van der Waals surface area (Å²) in [6.07, 6.45) is 3.74. The van der Waals surface area contributed by atoms with Crippen LogP contribution in [-0.2, 0) is 0 Å². The van der Waals surface area contributed by atoms with Gasteiger partial charge in [-0.2, -0.15) is 0 Å². The molecule has 78 valence electrons. The van der Waals surface area contributed by atoms with Gasteiger partial charge in [-0.15, -0.1) is 0 Å². The minimum absolute atomic E-state index is 0.372. The fraction of sp³-hybridized carbons (Fsp3) is 0.273. The summed E-state index contributed by atoms with van der Waals surface area (Å²) in [4.78, 5) is 2.67. The van der Waals surface area contributed by atoms with Crippen molar-refractivity contribution in [2.75, 3.05) is 6.54 Å². The van der Waals surface area contributed by atoms with E-state index in [0.717, 1.165) is 21.7 Å². The van der Waals surface area contributed by atoms with Crippen molar-refractivity contribution in [1.29, 1.82) is 0 Å². The molecule has 0 heterocycles. The number of rotatable bonds is 3. The monoisotopic (exact) mass is 221 g/mol. The number of hydrogen-bond acceptors (Lipinski definition) is 1. The standard InChI is InChI=1S/C11H12ClN3/c1-8-6-10(4-3-5-14-15-13)7-9(2)11(8)12/h3-4,6-7H,5H2,1-2H3. The second-order valence-electron chi connectivity index (χ2n) is 3.28. The molecule has 1 rings (SSSR count). The van der Waals surface area contributed by atoms with Crippen LogP contribution in [0, 0.1) is 13.8 Å². The van der Waals surface area contributed by atoms with Gasteiger partial charge < -0.3 is 0 Å². The van der Waals surface area contributed by atoms with Gasteiger partial charge in [0.05, 0.1) is 0 Å². The van der Waals surface area contributed by atoms with E-state index in [1.54, 1.807) is 0 Å². The van der Waals surface area contributed by atoms with Crippen LogP contribution in [0.3, 0.4) is 0 Å². The summed E-state index contributed by atoms with van der Waals surface area (Å²) in [5.74, 6) is 0. The Hall–Kier alpha value is -1.44. The van der Waals surface area contributed by atoms with Crippen LogP contribution in [0.5, 0.6) is 0 Å². The highest BCUT2D eigenvalue weighted by atomic mass is 35.5. The summed E-state index contributed by atoms with van der Waals surface area (Å²) < 4.78 is 0. The Kier molecular flexibility index (Phi) is 4.22. The third-order valence-corrected chi connectivity index (χ3v) is 2.62. The van der Waals surface area contributed by atoms with Gasteiger partial charge >= 0.3 is 0 Å². The summed E-state index contributed by atoms with van der Waals surface area (Å²) in [5.41, 5.74) is 11.3.